The van der Waals surface area contributed by atoms with Crippen LogP contribution in [0.15, 0.2) is 42.6 Å². The number of amides is 2. The highest BCUT2D eigenvalue weighted by Gasteiger charge is 2.34. The molecule has 2 aliphatic heterocycles. The Morgan fingerprint density at radius 2 is 2.00 bits per heavy atom. The van der Waals surface area contributed by atoms with Crippen molar-refractivity contribution < 1.29 is 4.79 Å². The summed E-state index contributed by atoms with van der Waals surface area (Å²) < 4.78 is 0. The summed E-state index contributed by atoms with van der Waals surface area (Å²) in [6, 6.07) is 11.8. The van der Waals surface area contributed by atoms with Gasteiger partial charge in [-0.3, -0.25) is 0 Å². The van der Waals surface area contributed by atoms with Gasteiger partial charge in [0.1, 0.15) is 0 Å². The quantitative estimate of drug-likeness (QED) is 0.855. The maximum absolute atomic E-state index is 12.3. The molecule has 2 fully saturated rings. The number of nitriles is 1. The van der Waals surface area contributed by atoms with E-state index >= 15 is 0 Å². The molecule has 0 radical (unpaired) electrons. The lowest BCUT2D eigenvalue weighted by atomic mass is 9.96. The number of carbonyl (C=O) groups is 1. The number of urea groups is 1. The van der Waals surface area contributed by atoms with Crippen LogP contribution < -0.4 is 5.32 Å². The number of carbonyl (C=O) groups excluding carboxylic acids is 1. The van der Waals surface area contributed by atoms with Gasteiger partial charge in [-0.25, -0.2) is 14.8 Å². The summed E-state index contributed by atoms with van der Waals surface area (Å²) in [5, 5.41) is 11.9. The van der Waals surface area contributed by atoms with Crippen LogP contribution in [-0.2, 0) is 0 Å². The average Bonchev–Trinajstić information content (AvgIpc) is 3.09. The van der Waals surface area contributed by atoms with Gasteiger partial charge in [-0.05, 0) is 12.5 Å². The first-order chi connectivity index (χ1) is 12.7. The number of nitrogens with zero attached hydrogens (tertiary/aromatic N) is 5. The molecule has 1 aromatic heterocycles. The summed E-state index contributed by atoms with van der Waals surface area (Å²) in [5.41, 5.74) is 1.96. The first-order valence-electron chi connectivity index (χ1n) is 8.81. The lowest BCUT2D eigenvalue weighted by molar-refractivity contribution is 0.147. The summed E-state index contributed by atoms with van der Waals surface area (Å²) in [7, 11) is 0. The third-order valence-electron chi connectivity index (χ3n) is 4.95. The predicted molar refractivity (Wildman–Crippen MR) is 95.9 cm³/mol. The van der Waals surface area contributed by atoms with Gasteiger partial charge in [0.25, 0.3) is 0 Å². The molecule has 26 heavy (non-hydrogen) atoms. The van der Waals surface area contributed by atoms with Crippen molar-refractivity contribution in [3.05, 3.63) is 48.3 Å². The lowest BCUT2D eigenvalue weighted by Gasteiger charge is -2.39. The van der Waals surface area contributed by atoms with E-state index in [1.54, 1.807) is 16.0 Å². The van der Waals surface area contributed by atoms with Gasteiger partial charge in [0, 0.05) is 43.9 Å². The Morgan fingerprint density at radius 1 is 1.19 bits per heavy atom. The van der Waals surface area contributed by atoms with Gasteiger partial charge in [0.05, 0.1) is 11.7 Å². The minimum absolute atomic E-state index is 0.0524. The summed E-state index contributed by atoms with van der Waals surface area (Å²) in [4.78, 5) is 24.8. The van der Waals surface area contributed by atoms with Crippen molar-refractivity contribution in [2.45, 2.75) is 18.4 Å². The number of likely N-dealkylation sites (tertiary alicyclic amines) is 2. The summed E-state index contributed by atoms with van der Waals surface area (Å²) in [6.45, 7) is 2.64. The zero-order valence-corrected chi connectivity index (χ0v) is 14.4. The van der Waals surface area contributed by atoms with Gasteiger partial charge < -0.3 is 15.1 Å². The maximum Gasteiger partial charge on any atom is 0.317 e. The second-order valence-electron chi connectivity index (χ2n) is 6.75. The van der Waals surface area contributed by atoms with E-state index in [9.17, 15) is 4.79 Å². The fourth-order valence-corrected chi connectivity index (χ4v) is 3.39. The molecule has 2 aliphatic rings. The molecule has 132 valence electrons. The molecular formula is C19H20N6O. The Kier molecular flexibility index (Phi) is 4.40. The van der Waals surface area contributed by atoms with Crippen LogP contribution in [0, 0.1) is 11.5 Å². The van der Waals surface area contributed by atoms with Crippen molar-refractivity contribution in [3.8, 4) is 17.6 Å². The fourth-order valence-electron chi connectivity index (χ4n) is 3.39. The van der Waals surface area contributed by atoms with Crippen molar-refractivity contribution in [3.63, 3.8) is 0 Å². The third-order valence-corrected chi connectivity index (χ3v) is 4.95. The van der Waals surface area contributed by atoms with E-state index in [1.165, 1.54) is 0 Å². The zero-order chi connectivity index (χ0) is 17.9. The highest BCUT2D eigenvalue weighted by atomic mass is 16.2. The number of nitrogens with one attached hydrogen (secondary N) is 1. The molecule has 7 nitrogen and oxygen atoms in total. The summed E-state index contributed by atoms with van der Waals surface area (Å²) in [5.74, 6) is 0.957. The lowest BCUT2D eigenvalue weighted by Crippen LogP contribution is -2.54. The van der Waals surface area contributed by atoms with Gasteiger partial charge >= 0.3 is 6.03 Å². The molecule has 0 aliphatic carbocycles. The molecule has 0 saturated carbocycles. The minimum Gasteiger partial charge on any atom is -0.333 e. The average molecular weight is 348 g/mol. The summed E-state index contributed by atoms with van der Waals surface area (Å²) in [6.07, 6.45) is 4.73. The molecule has 1 N–H and O–H groups in total. The van der Waals surface area contributed by atoms with Crippen LogP contribution in [0.4, 0.5) is 4.79 Å². The van der Waals surface area contributed by atoms with Crippen molar-refractivity contribution >= 4 is 6.03 Å². The molecule has 2 saturated heterocycles. The van der Waals surface area contributed by atoms with E-state index in [4.69, 9.17) is 5.26 Å². The van der Waals surface area contributed by atoms with Gasteiger partial charge in [-0.2, -0.15) is 5.26 Å². The second-order valence-corrected chi connectivity index (χ2v) is 6.75. The third kappa shape index (κ3) is 3.31. The molecule has 1 aromatic carbocycles. The monoisotopic (exact) mass is 348 g/mol. The topological polar surface area (TPSA) is 85.2 Å². The van der Waals surface area contributed by atoms with Crippen LogP contribution in [0.5, 0.6) is 0 Å². The predicted octanol–water partition coefficient (Wildman–Crippen LogP) is 1.81. The summed E-state index contributed by atoms with van der Waals surface area (Å²) >= 11 is 0. The molecule has 0 spiro atoms. The first kappa shape index (κ1) is 16.3. The van der Waals surface area contributed by atoms with Crippen molar-refractivity contribution in [2.24, 2.45) is 0 Å². The van der Waals surface area contributed by atoms with Crippen molar-refractivity contribution in [2.75, 3.05) is 26.2 Å². The highest BCUT2D eigenvalue weighted by molar-refractivity contribution is 5.75. The highest BCUT2D eigenvalue weighted by Crippen LogP contribution is 2.27. The number of aromatic nitrogens is 2. The Morgan fingerprint density at radius 3 is 2.73 bits per heavy atom. The van der Waals surface area contributed by atoms with Crippen LogP contribution in [0.3, 0.4) is 0 Å². The molecule has 2 amide bonds. The van der Waals surface area contributed by atoms with Crippen LogP contribution in [0.2, 0.25) is 0 Å². The molecule has 2 aromatic rings. The van der Waals surface area contributed by atoms with Crippen LogP contribution in [0.1, 0.15) is 18.0 Å². The van der Waals surface area contributed by atoms with Gasteiger partial charge in [-0.1, -0.05) is 30.3 Å². The largest absolute Gasteiger partial charge is 0.333 e. The van der Waals surface area contributed by atoms with E-state index < -0.39 is 0 Å². The van der Waals surface area contributed by atoms with Gasteiger partial charge in [0.2, 0.25) is 0 Å². The number of rotatable bonds is 3. The normalized spacial score (nSPS) is 19.7. The Labute approximate surface area is 152 Å². The Balaban J connectivity index is 1.34. The smallest absolute Gasteiger partial charge is 0.317 e. The van der Waals surface area contributed by atoms with E-state index in [0.29, 0.717) is 32.0 Å². The van der Waals surface area contributed by atoms with Gasteiger partial charge in [0.15, 0.2) is 12.0 Å². The number of hydrogen-bond acceptors (Lipinski definition) is 5. The SMILES string of the molecule is N#CN1CC[C@@H](NC(=O)N2CC(c3ccnc(-c4ccccc4)n3)C2)C1. The van der Waals surface area contributed by atoms with Crippen LogP contribution in [-0.4, -0.2) is 58.0 Å². The van der Waals surface area contributed by atoms with Crippen LogP contribution in [0.25, 0.3) is 11.4 Å². The van der Waals surface area contributed by atoms with E-state index in [1.807, 2.05) is 36.4 Å². The van der Waals surface area contributed by atoms with Crippen LogP contribution >= 0.6 is 0 Å². The first-order valence-corrected chi connectivity index (χ1v) is 8.81. The Bertz CT molecular complexity index is 827. The number of hydrogen-bond donors (Lipinski definition) is 1. The van der Waals surface area contributed by atoms with E-state index in [2.05, 4.69) is 21.5 Å². The second kappa shape index (κ2) is 7.00. The van der Waals surface area contributed by atoms with Crippen molar-refractivity contribution in [1.82, 2.24) is 25.1 Å². The fraction of sp³-hybridized carbons (Fsp3) is 0.368. The zero-order valence-electron chi connectivity index (χ0n) is 14.4. The molecule has 0 unspecified atom stereocenters. The minimum atomic E-state index is -0.0524. The molecule has 4 rings (SSSR count). The molecule has 7 heteroatoms. The van der Waals surface area contributed by atoms with E-state index in [0.717, 1.165) is 17.7 Å². The maximum atomic E-state index is 12.3. The number of benzene rings is 1. The Hall–Kier alpha value is -3.14. The van der Waals surface area contributed by atoms with E-state index in [-0.39, 0.29) is 18.0 Å². The molecule has 1 atom stereocenters. The molecule has 3 heterocycles. The standard InChI is InChI=1S/C19H20N6O/c20-13-24-9-7-16(12-24)22-19(26)25-10-15(11-25)17-6-8-21-18(23-17)14-4-2-1-3-5-14/h1-6,8,15-16H,7,9-12H2,(H,22,26)/t16-/m1/s1. The molecular weight excluding hydrogens is 328 g/mol. The molecule has 0 bridgehead atoms. The van der Waals surface area contributed by atoms with Gasteiger partial charge in [-0.15, -0.1) is 0 Å². The van der Waals surface area contributed by atoms with Crippen molar-refractivity contribution in [1.29, 1.82) is 5.26 Å².